The molecule has 1 amide bonds. The number of benzene rings is 2. The Morgan fingerprint density at radius 1 is 1.04 bits per heavy atom. The maximum Gasteiger partial charge on any atom is 0.241 e. The van der Waals surface area contributed by atoms with E-state index in [0.717, 1.165) is 44.0 Å². The highest BCUT2D eigenvalue weighted by molar-refractivity contribution is 5.83. The van der Waals surface area contributed by atoms with E-state index < -0.39 is 0 Å². The van der Waals surface area contributed by atoms with Crippen molar-refractivity contribution in [3.05, 3.63) is 54.1 Å². The average Bonchev–Trinajstić information content (AvgIpc) is 3.21. The van der Waals surface area contributed by atoms with E-state index in [1.807, 2.05) is 24.3 Å². The van der Waals surface area contributed by atoms with E-state index >= 15 is 0 Å². The maximum atomic E-state index is 12.0. The van der Waals surface area contributed by atoms with Crippen LogP contribution in [0.25, 0.3) is 0 Å². The van der Waals surface area contributed by atoms with Crippen LogP contribution in [0.1, 0.15) is 12.0 Å². The number of nitrogens with zero attached hydrogens (tertiary/aromatic N) is 3. The van der Waals surface area contributed by atoms with Crippen LogP contribution < -0.4 is 19.8 Å². The molecule has 4 rings (SSSR count). The molecule has 0 bridgehead atoms. The van der Waals surface area contributed by atoms with Gasteiger partial charge in [0.05, 0.1) is 6.21 Å². The minimum absolute atomic E-state index is 0.0810. The highest BCUT2D eigenvalue weighted by atomic mass is 16.7. The summed E-state index contributed by atoms with van der Waals surface area (Å²) in [5, 5.41) is 4.03. The predicted molar refractivity (Wildman–Crippen MR) is 108 cm³/mol. The van der Waals surface area contributed by atoms with Crippen molar-refractivity contribution in [2.75, 3.05) is 44.4 Å². The lowest BCUT2D eigenvalue weighted by atomic mass is 10.2. The van der Waals surface area contributed by atoms with Crippen molar-refractivity contribution in [1.82, 2.24) is 10.3 Å². The van der Waals surface area contributed by atoms with Crippen LogP contribution in [-0.2, 0) is 4.79 Å². The highest BCUT2D eigenvalue weighted by Gasteiger charge is 2.17. The summed E-state index contributed by atoms with van der Waals surface area (Å²) in [7, 11) is 0. The molecule has 2 aliphatic heterocycles. The van der Waals surface area contributed by atoms with Gasteiger partial charge in [0.25, 0.3) is 0 Å². The number of hydrogen-bond donors (Lipinski definition) is 1. The zero-order chi connectivity index (χ0) is 19.2. The Labute approximate surface area is 164 Å². The zero-order valence-electron chi connectivity index (χ0n) is 15.7. The van der Waals surface area contributed by atoms with Crippen molar-refractivity contribution in [3.8, 4) is 11.5 Å². The molecule has 1 saturated heterocycles. The van der Waals surface area contributed by atoms with E-state index in [0.29, 0.717) is 12.2 Å². The van der Waals surface area contributed by atoms with Crippen LogP contribution in [0.15, 0.2) is 53.6 Å². The Kier molecular flexibility index (Phi) is 5.72. The largest absolute Gasteiger partial charge is 0.454 e. The average molecular weight is 380 g/mol. The number of amides is 1. The number of piperazine rings is 1. The summed E-state index contributed by atoms with van der Waals surface area (Å²) >= 11 is 0. The molecule has 7 nitrogen and oxygen atoms in total. The van der Waals surface area contributed by atoms with Crippen LogP contribution in [-0.4, -0.2) is 56.5 Å². The third-order valence-electron chi connectivity index (χ3n) is 4.95. The zero-order valence-corrected chi connectivity index (χ0v) is 15.7. The van der Waals surface area contributed by atoms with Crippen LogP contribution in [0, 0.1) is 0 Å². The van der Waals surface area contributed by atoms with Crippen LogP contribution >= 0.6 is 0 Å². The third-order valence-corrected chi connectivity index (χ3v) is 4.95. The summed E-state index contributed by atoms with van der Waals surface area (Å²) in [6, 6.07) is 16.0. The normalized spacial score (nSPS) is 16.5. The number of ether oxygens (including phenoxy) is 2. The first-order chi connectivity index (χ1) is 13.8. The summed E-state index contributed by atoms with van der Waals surface area (Å²) < 4.78 is 10.6. The topological polar surface area (TPSA) is 66.4 Å². The number of para-hydroxylation sites is 1. The molecule has 2 heterocycles. The Bertz CT molecular complexity index is 833. The highest BCUT2D eigenvalue weighted by Crippen LogP contribution is 2.31. The van der Waals surface area contributed by atoms with Crippen molar-refractivity contribution in [2.45, 2.75) is 6.42 Å². The van der Waals surface area contributed by atoms with Crippen LogP contribution in [0.4, 0.5) is 5.69 Å². The van der Waals surface area contributed by atoms with Crippen LogP contribution in [0.2, 0.25) is 0 Å². The number of fused-ring (bicyclic) bond motifs is 1. The number of hydrogen-bond acceptors (Lipinski definition) is 6. The second-order valence-electron chi connectivity index (χ2n) is 6.82. The molecule has 2 aromatic rings. The van der Waals surface area contributed by atoms with Gasteiger partial charge in [0.2, 0.25) is 12.7 Å². The van der Waals surface area contributed by atoms with Gasteiger partial charge in [-0.15, -0.1) is 0 Å². The molecule has 146 valence electrons. The molecule has 7 heteroatoms. The predicted octanol–water partition coefficient (Wildman–Crippen LogP) is 2.08. The number of nitrogens with one attached hydrogen (secondary N) is 1. The number of hydrazone groups is 1. The molecule has 0 atom stereocenters. The van der Waals surface area contributed by atoms with Crippen molar-refractivity contribution < 1.29 is 14.3 Å². The van der Waals surface area contributed by atoms with Gasteiger partial charge in [-0.2, -0.15) is 5.10 Å². The van der Waals surface area contributed by atoms with Gasteiger partial charge in [0.15, 0.2) is 11.5 Å². The van der Waals surface area contributed by atoms with Gasteiger partial charge in [-0.05, 0) is 35.9 Å². The van der Waals surface area contributed by atoms with E-state index in [1.165, 1.54) is 5.69 Å². The first-order valence-electron chi connectivity index (χ1n) is 9.52. The summed E-state index contributed by atoms with van der Waals surface area (Å²) in [4.78, 5) is 16.7. The summed E-state index contributed by atoms with van der Waals surface area (Å²) in [6.07, 6.45) is 2.04. The number of carbonyl (C=O) groups excluding carboxylic acids is 1. The van der Waals surface area contributed by atoms with Gasteiger partial charge < -0.3 is 14.4 Å². The van der Waals surface area contributed by atoms with E-state index in [2.05, 4.69) is 44.6 Å². The fourth-order valence-corrected chi connectivity index (χ4v) is 3.36. The van der Waals surface area contributed by atoms with E-state index in [9.17, 15) is 4.79 Å². The molecule has 0 aliphatic carbocycles. The molecule has 1 N–H and O–H groups in total. The van der Waals surface area contributed by atoms with Crippen LogP contribution in [0.5, 0.6) is 11.5 Å². The Hall–Kier alpha value is -3.06. The number of rotatable bonds is 6. The minimum Gasteiger partial charge on any atom is -0.454 e. The number of anilines is 1. The lowest BCUT2D eigenvalue weighted by molar-refractivity contribution is -0.121. The Balaban J connectivity index is 1.17. The Morgan fingerprint density at radius 2 is 1.82 bits per heavy atom. The van der Waals surface area contributed by atoms with Crippen molar-refractivity contribution in [3.63, 3.8) is 0 Å². The molecule has 2 aromatic carbocycles. The van der Waals surface area contributed by atoms with Gasteiger partial charge in [-0.1, -0.05) is 18.2 Å². The molecule has 2 aliphatic rings. The first kappa shape index (κ1) is 18.3. The molecule has 0 spiro atoms. The van der Waals surface area contributed by atoms with Crippen molar-refractivity contribution in [1.29, 1.82) is 0 Å². The quantitative estimate of drug-likeness (QED) is 0.614. The minimum atomic E-state index is -0.0810. The molecule has 1 fully saturated rings. The van der Waals surface area contributed by atoms with E-state index in [4.69, 9.17) is 9.47 Å². The summed E-state index contributed by atoms with van der Waals surface area (Å²) in [6.45, 7) is 4.87. The molecule has 0 aromatic heterocycles. The molecular formula is C21H24N4O3. The fraction of sp³-hybridized carbons (Fsp3) is 0.333. The summed E-state index contributed by atoms with van der Waals surface area (Å²) in [5.41, 5.74) is 4.70. The fourth-order valence-electron chi connectivity index (χ4n) is 3.36. The second-order valence-corrected chi connectivity index (χ2v) is 6.82. The van der Waals surface area contributed by atoms with Gasteiger partial charge in [-0.3, -0.25) is 9.69 Å². The van der Waals surface area contributed by atoms with Crippen molar-refractivity contribution >= 4 is 17.8 Å². The van der Waals surface area contributed by atoms with E-state index in [1.54, 1.807) is 6.21 Å². The first-order valence-corrected chi connectivity index (χ1v) is 9.52. The maximum absolute atomic E-state index is 12.0. The molecule has 0 radical (unpaired) electrons. The molecule has 0 unspecified atom stereocenters. The van der Waals surface area contributed by atoms with Crippen LogP contribution in [0.3, 0.4) is 0 Å². The molecular weight excluding hydrogens is 356 g/mol. The smallest absolute Gasteiger partial charge is 0.241 e. The van der Waals surface area contributed by atoms with Gasteiger partial charge in [0.1, 0.15) is 0 Å². The monoisotopic (exact) mass is 380 g/mol. The standard InChI is InChI=1S/C21H24N4O3/c26-21(23-22-15-17-6-7-19-20(14-17)28-16-27-19)8-9-24-10-12-25(13-11-24)18-4-2-1-3-5-18/h1-7,14-15H,8-13,16H2,(H,23,26). The number of carbonyl (C=O) groups is 1. The van der Waals surface area contributed by atoms with Gasteiger partial charge in [0, 0.05) is 44.8 Å². The lowest BCUT2D eigenvalue weighted by Crippen LogP contribution is -2.47. The van der Waals surface area contributed by atoms with Gasteiger partial charge >= 0.3 is 0 Å². The molecule has 0 saturated carbocycles. The lowest BCUT2D eigenvalue weighted by Gasteiger charge is -2.36. The molecule has 28 heavy (non-hydrogen) atoms. The van der Waals surface area contributed by atoms with Gasteiger partial charge in [-0.25, -0.2) is 5.43 Å². The summed E-state index contributed by atoms with van der Waals surface area (Å²) in [5.74, 6) is 1.35. The van der Waals surface area contributed by atoms with Crippen molar-refractivity contribution in [2.24, 2.45) is 5.10 Å². The third kappa shape index (κ3) is 4.61. The Morgan fingerprint density at radius 3 is 2.64 bits per heavy atom. The van der Waals surface area contributed by atoms with E-state index in [-0.39, 0.29) is 12.7 Å². The second kappa shape index (κ2) is 8.75. The SMILES string of the molecule is O=C(CCN1CCN(c2ccccc2)CC1)NN=Cc1ccc2c(c1)OCO2.